The maximum Gasteiger partial charge on any atom is 0.227 e. The molecule has 0 aromatic heterocycles. The van der Waals surface area contributed by atoms with Gasteiger partial charge in [0.2, 0.25) is 5.91 Å². The molecule has 5 rings (SSSR count). The molecule has 2 fully saturated rings. The summed E-state index contributed by atoms with van der Waals surface area (Å²) in [6.07, 6.45) is 1.57. The van der Waals surface area contributed by atoms with E-state index in [0.29, 0.717) is 26.1 Å². The average Bonchev–Trinajstić information content (AvgIpc) is 3.47. The number of amides is 1. The lowest BCUT2D eigenvalue weighted by molar-refractivity contribution is -0.129. The third-order valence-corrected chi connectivity index (χ3v) is 9.29. The van der Waals surface area contributed by atoms with Gasteiger partial charge < -0.3 is 14.5 Å². The van der Waals surface area contributed by atoms with Crippen LogP contribution in [-0.2, 0) is 16.6 Å². The summed E-state index contributed by atoms with van der Waals surface area (Å²) < 4.78 is 21.7. The van der Waals surface area contributed by atoms with Crippen LogP contribution in [0.2, 0.25) is 0 Å². The Morgan fingerprint density at radius 2 is 1.54 bits per heavy atom. The number of alkyl halides is 1. The molecule has 2 aliphatic rings. The molecule has 1 aliphatic carbocycles. The van der Waals surface area contributed by atoms with Crippen molar-refractivity contribution in [3.05, 3.63) is 102 Å². The molecule has 0 unspecified atom stereocenters. The predicted octanol–water partition coefficient (Wildman–Crippen LogP) is 6.95. The number of ether oxygens (including phenoxy) is 1. The van der Waals surface area contributed by atoms with Gasteiger partial charge in [0, 0.05) is 36.5 Å². The molecule has 0 spiro atoms. The molecule has 1 heterocycles. The summed E-state index contributed by atoms with van der Waals surface area (Å²) in [6, 6.07) is 29.0. The van der Waals surface area contributed by atoms with E-state index in [9.17, 15) is 4.79 Å². The molecule has 0 N–H and O–H groups in total. The minimum atomic E-state index is -0.898. The van der Waals surface area contributed by atoms with Crippen LogP contribution >= 0.6 is 12.4 Å². The summed E-state index contributed by atoms with van der Waals surface area (Å²) in [5.74, 6) is 0.676. The first-order valence-electron chi connectivity index (χ1n) is 15.0. The van der Waals surface area contributed by atoms with Crippen molar-refractivity contribution in [1.29, 1.82) is 0 Å². The van der Waals surface area contributed by atoms with E-state index in [4.69, 9.17) is 4.74 Å². The number of hydrogen-bond donors (Lipinski definition) is 0. The van der Waals surface area contributed by atoms with Gasteiger partial charge in [-0.2, -0.15) is 0 Å². The Bertz CT molecular complexity index is 1200. The number of para-hydroxylation sites is 1. The summed E-state index contributed by atoms with van der Waals surface area (Å²) >= 11 is 0. The Morgan fingerprint density at radius 1 is 0.927 bits per heavy atom. The molecule has 3 atom stereocenters. The number of benzene rings is 3. The van der Waals surface area contributed by atoms with E-state index >= 15 is 4.39 Å². The van der Waals surface area contributed by atoms with Gasteiger partial charge in [0.25, 0.3) is 0 Å². The summed E-state index contributed by atoms with van der Waals surface area (Å²) in [4.78, 5) is 18.0. The van der Waals surface area contributed by atoms with Gasteiger partial charge in [-0.1, -0.05) is 92.7 Å². The zero-order valence-corrected chi connectivity index (χ0v) is 25.2. The largest absolute Gasteiger partial charge is 0.493 e. The second-order valence-electron chi connectivity index (χ2n) is 11.3. The molecule has 1 saturated heterocycles. The van der Waals surface area contributed by atoms with Crippen LogP contribution in [0.4, 0.5) is 4.39 Å². The second-order valence-corrected chi connectivity index (χ2v) is 11.3. The molecule has 41 heavy (non-hydrogen) atoms. The Hall–Kier alpha value is -2.89. The number of carbonyl (C=O) groups excluding carboxylic acids is 1. The molecular weight excluding hydrogens is 535 g/mol. The van der Waals surface area contributed by atoms with E-state index in [1.165, 1.54) is 11.1 Å². The highest BCUT2D eigenvalue weighted by molar-refractivity contribution is 5.85. The van der Waals surface area contributed by atoms with E-state index < -0.39 is 6.17 Å². The smallest absolute Gasteiger partial charge is 0.227 e. The van der Waals surface area contributed by atoms with Crippen LogP contribution in [0.15, 0.2) is 84.9 Å². The van der Waals surface area contributed by atoms with Crippen molar-refractivity contribution in [2.45, 2.75) is 51.1 Å². The Balaban J connectivity index is 0.00000387. The first kappa shape index (κ1) is 31.1. The topological polar surface area (TPSA) is 32.8 Å². The maximum absolute atomic E-state index is 15.6. The molecule has 1 saturated carbocycles. The van der Waals surface area contributed by atoms with E-state index in [1.54, 1.807) is 0 Å². The van der Waals surface area contributed by atoms with E-state index in [0.717, 1.165) is 43.8 Å². The van der Waals surface area contributed by atoms with Crippen LogP contribution in [-0.4, -0.2) is 61.2 Å². The first-order chi connectivity index (χ1) is 19.6. The van der Waals surface area contributed by atoms with Crippen LogP contribution in [0, 0.1) is 11.8 Å². The highest BCUT2D eigenvalue weighted by Gasteiger charge is 2.55. The standard InChI is InChI=1S/C35H43FN2O2.ClH/c1-3-37(4-2)22-13-23-40-33-19-12-11-14-27(33)24-34(39)38-25-30-31(26-38)35(21-20-32(30)36,28-15-7-5-8-16-28)29-17-9-6-10-18-29;/h5-12,14-19,30-32H,3-4,13,20-26H2,1-2H3;1H/t30-,31+,32+;/m0./s1. The highest BCUT2D eigenvalue weighted by Crippen LogP contribution is 2.54. The Morgan fingerprint density at radius 3 is 2.17 bits per heavy atom. The molecule has 0 radical (unpaired) electrons. The quantitative estimate of drug-likeness (QED) is 0.231. The minimum Gasteiger partial charge on any atom is -0.493 e. The Labute approximate surface area is 251 Å². The van der Waals surface area contributed by atoms with Crippen LogP contribution in [0.5, 0.6) is 5.75 Å². The van der Waals surface area contributed by atoms with Gasteiger partial charge in [0.15, 0.2) is 0 Å². The maximum atomic E-state index is 15.6. The fourth-order valence-electron chi connectivity index (χ4n) is 7.12. The summed E-state index contributed by atoms with van der Waals surface area (Å²) in [5.41, 5.74) is 3.04. The lowest BCUT2D eigenvalue weighted by Crippen LogP contribution is -2.47. The van der Waals surface area contributed by atoms with Gasteiger partial charge in [-0.15, -0.1) is 12.4 Å². The zero-order chi connectivity index (χ0) is 28.0. The zero-order valence-electron chi connectivity index (χ0n) is 24.4. The van der Waals surface area contributed by atoms with Gasteiger partial charge in [-0.3, -0.25) is 4.79 Å². The average molecular weight is 579 g/mol. The molecule has 6 heteroatoms. The molecule has 3 aromatic carbocycles. The highest BCUT2D eigenvalue weighted by atomic mass is 35.5. The number of halogens is 2. The SMILES string of the molecule is CCN(CC)CCCOc1ccccc1CC(=O)N1C[C@@H]2[C@H](F)CCC(c3ccccc3)(c3ccccc3)[C@@H]2C1.Cl. The molecule has 1 aliphatic heterocycles. The van der Waals surface area contributed by atoms with Crippen LogP contribution in [0.1, 0.15) is 49.8 Å². The van der Waals surface area contributed by atoms with Crippen LogP contribution in [0.3, 0.4) is 0 Å². The fraction of sp³-hybridized carbons (Fsp3) is 0.457. The lowest BCUT2D eigenvalue weighted by atomic mass is 9.56. The number of carbonyl (C=O) groups is 1. The van der Waals surface area contributed by atoms with Gasteiger partial charge in [0.1, 0.15) is 11.9 Å². The molecule has 1 amide bonds. The number of likely N-dealkylation sites (tertiary alicyclic amines) is 1. The Kier molecular flexibility index (Phi) is 10.9. The van der Waals surface area contributed by atoms with Crippen LogP contribution < -0.4 is 4.74 Å². The first-order valence-corrected chi connectivity index (χ1v) is 15.0. The van der Waals surface area contributed by atoms with Crippen molar-refractivity contribution < 1.29 is 13.9 Å². The predicted molar refractivity (Wildman–Crippen MR) is 167 cm³/mol. The van der Waals surface area contributed by atoms with Gasteiger partial charge in [0.05, 0.1) is 13.0 Å². The molecular formula is C35H44ClFN2O2. The summed E-state index contributed by atoms with van der Waals surface area (Å²) in [7, 11) is 0. The van der Waals surface area contributed by atoms with Crippen molar-refractivity contribution in [3.8, 4) is 5.75 Å². The van der Waals surface area contributed by atoms with E-state index in [2.05, 4.69) is 67.3 Å². The van der Waals surface area contributed by atoms with Gasteiger partial charge in [-0.25, -0.2) is 4.39 Å². The number of rotatable bonds is 11. The number of hydrogen-bond acceptors (Lipinski definition) is 3. The van der Waals surface area contributed by atoms with Crippen molar-refractivity contribution in [3.63, 3.8) is 0 Å². The van der Waals surface area contributed by atoms with Crippen molar-refractivity contribution in [2.24, 2.45) is 11.8 Å². The monoisotopic (exact) mass is 578 g/mol. The van der Waals surface area contributed by atoms with E-state index in [-0.39, 0.29) is 42.0 Å². The third kappa shape index (κ3) is 6.62. The molecule has 0 bridgehead atoms. The van der Waals surface area contributed by atoms with Crippen LogP contribution in [0.25, 0.3) is 0 Å². The minimum absolute atomic E-state index is 0. The van der Waals surface area contributed by atoms with Crippen molar-refractivity contribution in [2.75, 3.05) is 39.3 Å². The van der Waals surface area contributed by atoms with E-state index in [1.807, 2.05) is 41.3 Å². The molecule has 220 valence electrons. The van der Waals surface area contributed by atoms with Crippen molar-refractivity contribution >= 4 is 18.3 Å². The second kappa shape index (κ2) is 14.3. The number of fused-ring (bicyclic) bond motifs is 1. The fourth-order valence-corrected chi connectivity index (χ4v) is 7.12. The van der Waals surface area contributed by atoms with Crippen molar-refractivity contribution in [1.82, 2.24) is 9.80 Å². The lowest BCUT2D eigenvalue weighted by Gasteiger charge is -2.47. The number of nitrogens with zero attached hydrogens (tertiary/aromatic N) is 2. The summed E-state index contributed by atoms with van der Waals surface area (Å²) in [6.45, 7) is 9.09. The molecule has 3 aromatic rings. The third-order valence-electron chi connectivity index (χ3n) is 9.29. The molecule has 4 nitrogen and oxygen atoms in total. The van der Waals surface area contributed by atoms with Gasteiger partial charge >= 0.3 is 0 Å². The normalized spacial score (nSPS) is 21.3. The summed E-state index contributed by atoms with van der Waals surface area (Å²) in [5, 5.41) is 0. The van der Waals surface area contributed by atoms with Gasteiger partial charge in [-0.05, 0) is 55.5 Å².